The van der Waals surface area contributed by atoms with Gasteiger partial charge in [0.2, 0.25) is 0 Å². The van der Waals surface area contributed by atoms with Crippen LogP contribution < -0.4 is 0 Å². The van der Waals surface area contributed by atoms with Crippen molar-refractivity contribution in [1.82, 2.24) is 0 Å². The zero-order valence-electron chi connectivity index (χ0n) is 20.7. The van der Waals surface area contributed by atoms with E-state index < -0.39 is 29.7 Å². The van der Waals surface area contributed by atoms with Crippen LogP contribution in [0.25, 0.3) is 0 Å². The molecule has 4 aliphatic carbocycles. The third-order valence-corrected chi connectivity index (χ3v) is 10.0. The second-order valence-electron chi connectivity index (χ2n) is 12.8. The summed E-state index contributed by atoms with van der Waals surface area (Å²) in [6.07, 6.45) is 7.10. The van der Waals surface area contributed by atoms with Gasteiger partial charge in [-0.25, -0.2) is 0 Å². The Bertz CT molecular complexity index is 830. The number of fused-ring (bicyclic) bond motifs is 3. The van der Waals surface area contributed by atoms with E-state index >= 15 is 0 Å². The van der Waals surface area contributed by atoms with E-state index in [0.717, 1.165) is 19.3 Å². The number of hydrogen-bond donors (Lipinski definition) is 2. The molecule has 3 fully saturated rings. The first-order valence-electron chi connectivity index (χ1n) is 12.5. The van der Waals surface area contributed by atoms with Crippen LogP contribution in [0.3, 0.4) is 0 Å². The number of aliphatic hydroxyl groups excluding tert-OH is 1. The Morgan fingerprint density at radius 3 is 2.50 bits per heavy atom. The van der Waals surface area contributed by atoms with Crippen molar-refractivity contribution in [2.24, 2.45) is 34.0 Å². The van der Waals surface area contributed by atoms with E-state index in [0.29, 0.717) is 30.8 Å². The number of aliphatic hydroxyl groups is 2. The number of carbonyl (C=O) groups excluding carboxylic acids is 2. The van der Waals surface area contributed by atoms with Crippen molar-refractivity contribution in [1.29, 1.82) is 0 Å². The van der Waals surface area contributed by atoms with E-state index in [2.05, 4.69) is 27.7 Å². The molecule has 0 aliphatic heterocycles. The van der Waals surface area contributed by atoms with E-state index in [4.69, 9.17) is 4.74 Å². The smallest absolute Gasteiger partial charge is 0.303 e. The number of ketones is 1. The van der Waals surface area contributed by atoms with Gasteiger partial charge in [0, 0.05) is 19.3 Å². The number of hydrogen-bond acceptors (Lipinski definition) is 5. The van der Waals surface area contributed by atoms with Crippen molar-refractivity contribution in [3.8, 4) is 0 Å². The lowest BCUT2D eigenvalue weighted by atomic mass is 9.39. The highest BCUT2D eigenvalue weighted by molar-refractivity contribution is 5.96. The minimum Gasteiger partial charge on any atom is -0.458 e. The minimum absolute atomic E-state index is 0.0174. The highest BCUT2D eigenvalue weighted by atomic mass is 16.5. The summed E-state index contributed by atoms with van der Waals surface area (Å²) in [6, 6.07) is 0. The van der Waals surface area contributed by atoms with E-state index in [1.807, 2.05) is 0 Å². The molecule has 0 bridgehead atoms. The third-order valence-electron chi connectivity index (χ3n) is 10.0. The van der Waals surface area contributed by atoms with Gasteiger partial charge in [-0.2, -0.15) is 0 Å². The van der Waals surface area contributed by atoms with Gasteiger partial charge in [0.05, 0.1) is 11.7 Å². The van der Waals surface area contributed by atoms with Gasteiger partial charge >= 0.3 is 5.97 Å². The minimum atomic E-state index is -1.09. The topological polar surface area (TPSA) is 83.8 Å². The number of esters is 1. The molecular weight excluding hydrogens is 404 g/mol. The van der Waals surface area contributed by atoms with Crippen LogP contribution in [0.15, 0.2) is 11.6 Å². The fourth-order valence-electron chi connectivity index (χ4n) is 9.12. The largest absolute Gasteiger partial charge is 0.458 e. The van der Waals surface area contributed by atoms with Gasteiger partial charge in [0.1, 0.15) is 6.10 Å². The lowest BCUT2D eigenvalue weighted by molar-refractivity contribution is -0.230. The summed E-state index contributed by atoms with van der Waals surface area (Å²) >= 11 is 0. The summed E-state index contributed by atoms with van der Waals surface area (Å²) in [6.45, 7) is 12.4. The first-order chi connectivity index (χ1) is 14.7. The maximum absolute atomic E-state index is 12.6. The first kappa shape index (κ1) is 23.9. The van der Waals surface area contributed by atoms with Crippen molar-refractivity contribution < 1.29 is 24.5 Å². The normalized spacial score (nSPS) is 48.3. The summed E-state index contributed by atoms with van der Waals surface area (Å²) in [4.78, 5) is 24.4. The Morgan fingerprint density at radius 2 is 1.84 bits per heavy atom. The average Bonchev–Trinajstić information content (AvgIpc) is 2.61. The zero-order chi connectivity index (χ0) is 23.7. The quantitative estimate of drug-likeness (QED) is 0.606. The second-order valence-corrected chi connectivity index (χ2v) is 12.8. The van der Waals surface area contributed by atoms with E-state index in [9.17, 15) is 19.8 Å². The predicted octanol–water partition coefficient (Wildman–Crippen LogP) is 4.59. The lowest BCUT2D eigenvalue weighted by Gasteiger charge is -2.67. The predicted molar refractivity (Wildman–Crippen MR) is 123 cm³/mol. The molecule has 5 heteroatoms. The molecule has 0 aromatic rings. The van der Waals surface area contributed by atoms with Crippen LogP contribution in [-0.4, -0.2) is 39.8 Å². The van der Waals surface area contributed by atoms with Gasteiger partial charge in [-0.3, -0.25) is 9.59 Å². The Morgan fingerprint density at radius 1 is 1.16 bits per heavy atom. The SMILES string of the molecule is CC(=O)O[C@@H]1C=C(C)C(=O)C[C@@H]1[C@@]1(O)CC[C@H]2[C@@](C)(C[C@@H](O)[C@H]3C(C)(C)CCC[C@@]32C)C1. The molecule has 0 aromatic heterocycles. The monoisotopic (exact) mass is 446 g/mol. The van der Waals surface area contributed by atoms with Gasteiger partial charge in [-0.15, -0.1) is 0 Å². The summed E-state index contributed by atoms with van der Waals surface area (Å²) < 4.78 is 5.59. The van der Waals surface area contributed by atoms with Crippen molar-refractivity contribution >= 4 is 11.8 Å². The van der Waals surface area contributed by atoms with E-state index in [-0.39, 0.29) is 34.4 Å². The zero-order valence-corrected chi connectivity index (χ0v) is 20.7. The molecule has 2 N–H and O–H groups in total. The summed E-state index contributed by atoms with van der Waals surface area (Å²) in [5.74, 6) is -0.125. The molecule has 0 radical (unpaired) electrons. The molecule has 0 amide bonds. The second kappa shape index (κ2) is 7.66. The molecule has 0 unspecified atom stereocenters. The fourth-order valence-corrected chi connectivity index (χ4v) is 9.12. The highest BCUT2D eigenvalue weighted by Crippen LogP contribution is 2.68. The van der Waals surface area contributed by atoms with Crippen molar-refractivity contribution in [2.75, 3.05) is 0 Å². The van der Waals surface area contributed by atoms with Crippen LogP contribution >= 0.6 is 0 Å². The van der Waals surface area contributed by atoms with Crippen LogP contribution in [0, 0.1) is 34.0 Å². The Hall–Kier alpha value is -1.20. The Labute approximate surface area is 193 Å². The molecule has 3 saturated carbocycles. The average molecular weight is 447 g/mol. The summed E-state index contributed by atoms with van der Waals surface area (Å²) in [7, 11) is 0. The third kappa shape index (κ3) is 3.68. The molecule has 8 atom stereocenters. The van der Waals surface area contributed by atoms with Crippen molar-refractivity contribution in [3.63, 3.8) is 0 Å². The molecule has 32 heavy (non-hydrogen) atoms. The molecule has 0 aromatic carbocycles. The standard InChI is InChI=1S/C27H42O5/c1-16-12-21(32-17(2)28)18(13-19(16)29)27(31)11-8-22-25(5,15-27)14-20(30)23-24(3,4)9-7-10-26(22,23)6/h12,18,20-23,30-31H,7-11,13-15H2,1-6H3/t18-,20+,21+,22-,23-,25-,26+,27+/m0/s1. The van der Waals surface area contributed by atoms with Gasteiger partial charge in [0.25, 0.3) is 0 Å². The molecule has 180 valence electrons. The number of carbonyl (C=O) groups is 2. The molecule has 0 heterocycles. The van der Waals surface area contributed by atoms with Crippen LogP contribution in [0.5, 0.6) is 0 Å². The molecule has 0 saturated heterocycles. The number of ether oxygens (including phenoxy) is 1. The van der Waals surface area contributed by atoms with Gasteiger partial charge in [0.15, 0.2) is 5.78 Å². The van der Waals surface area contributed by atoms with Gasteiger partial charge in [-0.1, -0.05) is 34.1 Å². The van der Waals surface area contributed by atoms with Crippen LogP contribution in [0.4, 0.5) is 0 Å². The summed E-state index contributed by atoms with van der Waals surface area (Å²) in [5.41, 5.74) is -0.552. The van der Waals surface area contributed by atoms with Crippen molar-refractivity contribution in [3.05, 3.63) is 11.6 Å². The maximum Gasteiger partial charge on any atom is 0.303 e. The van der Waals surface area contributed by atoms with Crippen molar-refractivity contribution in [2.45, 2.75) is 111 Å². The van der Waals surface area contributed by atoms with Crippen LogP contribution in [-0.2, 0) is 14.3 Å². The molecule has 4 aliphatic rings. The van der Waals surface area contributed by atoms with Crippen LogP contribution in [0.1, 0.15) is 92.9 Å². The lowest BCUT2D eigenvalue weighted by Crippen LogP contribution is -2.64. The van der Waals surface area contributed by atoms with Gasteiger partial charge in [-0.05, 0) is 85.2 Å². The van der Waals surface area contributed by atoms with E-state index in [1.165, 1.54) is 13.3 Å². The Balaban J connectivity index is 1.67. The summed E-state index contributed by atoms with van der Waals surface area (Å²) in [5, 5.41) is 23.4. The number of rotatable bonds is 2. The van der Waals surface area contributed by atoms with Crippen LogP contribution in [0.2, 0.25) is 0 Å². The van der Waals surface area contributed by atoms with Gasteiger partial charge < -0.3 is 14.9 Å². The number of allylic oxidation sites excluding steroid dienone is 1. The molecule has 4 rings (SSSR count). The first-order valence-corrected chi connectivity index (χ1v) is 12.5. The fraction of sp³-hybridized carbons (Fsp3) is 0.852. The number of Topliss-reactive ketones (excluding diaryl/α,β-unsaturated/α-hetero) is 1. The van der Waals surface area contributed by atoms with E-state index in [1.54, 1.807) is 13.0 Å². The Kier molecular flexibility index (Phi) is 5.73. The molecular formula is C27H42O5. The highest BCUT2D eigenvalue weighted by Gasteiger charge is 2.65. The maximum atomic E-state index is 12.6. The molecule has 5 nitrogen and oxygen atoms in total. The molecule has 0 spiro atoms.